The quantitative estimate of drug-likeness (QED) is 0.782. The number of hydrogen-bond donors (Lipinski definition) is 0. The molecule has 0 unspecified atom stereocenters. The van der Waals surface area contributed by atoms with Gasteiger partial charge in [-0.25, -0.2) is 8.42 Å². The van der Waals surface area contributed by atoms with E-state index in [9.17, 15) is 8.42 Å². The predicted molar refractivity (Wildman–Crippen MR) is 74.4 cm³/mol. The molecule has 0 radical (unpaired) electrons. The standard InChI is InChI=1S/C14H13ClO2S/c1-10-3-5-12(6-4-10)13-7-8-14(11(2)9-13)18(15,16)17/h3-9H,1-2H3. The molecule has 2 rings (SSSR count). The number of halogens is 1. The van der Waals surface area contributed by atoms with Crippen molar-refractivity contribution in [3.63, 3.8) is 0 Å². The van der Waals surface area contributed by atoms with Gasteiger partial charge < -0.3 is 0 Å². The molecule has 0 amide bonds. The minimum atomic E-state index is -3.67. The van der Waals surface area contributed by atoms with Gasteiger partial charge in [0.05, 0.1) is 4.90 Å². The maximum absolute atomic E-state index is 11.3. The highest BCUT2D eigenvalue weighted by molar-refractivity contribution is 8.13. The smallest absolute Gasteiger partial charge is 0.207 e. The molecule has 0 saturated heterocycles. The van der Waals surface area contributed by atoms with Gasteiger partial charge in [-0.2, -0.15) is 0 Å². The molecular formula is C14H13ClO2S. The molecular weight excluding hydrogens is 268 g/mol. The van der Waals surface area contributed by atoms with Gasteiger partial charge in [0, 0.05) is 10.7 Å². The first-order chi connectivity index (χ1) is 8.38. The zero-order chi connectivity index (χ0) is 13.3. The fourth-order valence-electron chi connectivity index (χ4n) is 1.85. The lowest BCUT2D eigenvalue weighted by molar-refractivity contribution is 0.609. The van der Waals surface area contributed by atoms with Gasteiger partial charge in [0.1, 0.15) is 0 Å². The topological polar surface area (TPSA) is 34.1 Å². The molecule has 2 aromatic rings. The Morgan fingerprint density at radius 2 is 1.44 bits per heavy atom. The lowest BCUT2D eigenvalue weighted by Crippen LogP contribution is -1.94. The second-order valence-corrected chi connectivity index (χ2v) is 6.82. The van der Waals surface area contributed by atoms with Crippen molar-refractivity contribution in [1.82, 2.24) is 0 Å². The van der Waals surface area contributed by atoms with Crippen molar-refractivity contribution in [1.29, 1.82) is 0 Å². The molecule has 0 fully saturated rings. The molecule has 0 aliphatic carbocycles. The van der Waals surface area contributed by atoms with E-state index in [1.54, 1.807) is 19.1 Å². The van der Waals surface area contributed by atoms with Crippen molar-refractivity contribution in [2.75, 3.05) is 0 Å². The van der Waals surface area contributed by atoms with Crippen molar-refractivity contribution in [2.45, 2.75) is 18.7 Å². The molecule has 0 aliphatic rings. The first kappa shape index (κ1) is 13.1. The zero-order valence-electron chi connectivity index (χ0n) is 10.1. The van der Waals surface area contributed by atoms with Crippen LogP contribution in [0.5, 0.6) is 0 Å². The van der Waals surface area contributed by atoms with Crippen LogP contribution >= 0.6 is 10.7 Å². The van der Waals surface area contributed by atoms with Gasteiger partial charge in [-0.3, -0.25) is 0 Å². The van der Waals surface area contributed by atoms with Crippen LogP contribution in [0.3, 0.4) is 0 Å². The third kappa shape index (κ3) is 2.74. The van der Waals surface area contributed by atoms with Crippen LogP contribution in [0.1, 0.15) is 11.1 Å². The summed E-state index contributed by atoms with van der Waals surface area (Å²) in [5.41, 5.74) is 3.89. The Balaban J connectivity index is 2.50. The summed E-state index contributed by atoms with van der Waals surface area (Å²) in [5, 5.41) is 0. The molecule has 0 bridgehead atoms. The average Bonchev–Trinajstić information content (AvgIpc) is 2.28. The van der Waals surface area contributed by atoms with Crippen LogP contribution in [0.4, 0.5) is 0 Å². The summed E-state index contributed by atoms with van der Waals surface area (Å²) >= 11 is 0. The summed E-state index contributed by atoms with van der Waals surface area (Å²) in [6.07, 6.45) is 0. The zero-order valence-corrected chi connectivity index (χ0v) is 11.7. The summed E-state index contributed by atoms with van der Waals surface area (Å²) in [6.45, 7) is 3.77. The lowest BCUT2D eigenvalue weighted by Gasteiger charge is -2.06. The molecule has 0 saturated carbocycles. The van der Waals surface area contributed by atoms with Gasteiger partial charge in [0.2, 0.25) is 0 Å². The molecule has 94 valence electrons. The van der Waals surface area contributed by atoms with Crippen LogP contribution in [-0.2, 0) is 9.05 Å². The van der Waals surface area contributed by atoms with Crippen molar-refractivity contribution >= 4 is 19.7 Å². The Morgan fingerprint density at radius 1 is 0.889 bits per heavy atom. The van der Waals surface area contributed by atoms with E-state index in [2.05, 4.69) is 0 Å². The number of aryl methyl sites for hydroxylation is 2. The second kappa shape index (κ2) is 4.75. The predicted octanol–water partition coefficient (Wildman–Crippen LogP) is 3.90. The van der Waals surface area contributed by atoms with Gasteiger partial charge in [-0.05, 0) is 36.6 Å². The van der Waals surface area contributed by atoms with Crippen LogP contribution in [0.25, 0.3) is 11.1 Å². The molecule has 0 aliphatic heterocycles. The Bertz CT molecular complexity index is 673. The first-order valence-electron chi connectivity index (χ1n) is 5.50. The maximum Gasteiger partial charge on any atom is 0.261 e. The van der Waals surface area contributed by atoms with Crippen molar-refractivity contribution in [3.8, 4) is 11.1 Å². The molecule has 0 N–H and O–H groups in total. The van der Waals surface area contributed by atoms with E-state index in [-0.39, 0.29) is 4.90 Å². The highest BCUT2D eigenvalue weighted by Crippen LogP contribution is 2.26. The van der Waals surface area contributed by atoms with Crippen LogP contribution in [0.2, 0.25) is 0 Å². The van der Waals surface area contributed by atoms with Gasteiger partial charge in [0.15, 0.2) is 0 Å². The van der Waals surface area contributed by atoms with E-state index in [0.29, 0.717) is 5.56 Å². The normalized spacial score (nSPS) is 11.5. The fraction of sp³-hybridized carbons (Fsp3) is 0.143. The van der Waals surface area contributed by atoms with Crippen molar-refractivity contribution in [3.05, 3.63) is 53.6 Å². The molecule has 0 aromatic heterocycles. The highest BCUT2D eigenvalue weighted by Gasteiger charge is 2.13. The summed E-state index contributed by atoms with van der Waals surface area (Å²) in [4.78, 5) is 0.167. The molecule has 18 heavy (non-hydrogen) atoms. The van der Waals surface area contributed by atoms with E-state index in [0.717, 1.165) is 11.1 Å². The first-order valence-corrected chi connectivity index (χ1v) is 7.81. The van der Waals surface area contributed by atoms with E-state index in [4.69, 9.17) is 10.7 Å². The van der Waals surface area contributed by atoms with Crippen LogP contribution in [0, 0.1) is 13.8 Å². The third-order valence-corrected chi connectivity index (χ3v) is 4.30. The summed E-state index contributed by atoms with van der Waals surface area (Å²) < 4.78 is 22.6. The van der Waals surface area contributed by atoms with Crippen LogP contribution in [-0.4, -0.2) is 8.42 Å². The molecule has 0 atom stereocenters. The van der Waals surface area contributed by atoms with Gasteiger partial charge in [-0.15, -0.1) is 0 Å². The Labute approximate surface area is 112 Å². The third-order valence-electron chi connectivity index (χ3n) is 2.82. The van der Waals surface area contributed by atoms with E-state index < -0.39 is 9.05 Å². The second-order valence-electron chi connectivity index (χ2n) is 4.28. The summed E-state index contributed by atoms with van der Waals surface area (Å²) in [7, 11) is 1.69. The monoisotopic (exact) mass is 280 g/mol. The van der Waals surface area contributed by atoms with Gasteiger partial charge in [-0.1, -0.05) is 42.0 Å². The van der Waals surface area contributed by atoms with Crippen molar-refractivity contribution in [2.24, 2.45) is 0 Å². The summed E-state index contributed by atoms with van der Waals surface area (Å²) in [5.74, 6) is 0. The van der Waals surface area contributed by atoms with E-state index >= 15 is 0 Å². The van der Waals surface area contributed by atoms with Gasteiger partial charge >= 0.3 is 0 Å². The highest BCUT2D eigenvalue weighted by atomic mass is 35.7. The summed E-state index contributed by atoms with van der Waals surface area (Å²) in [6, 6.07) is 13.2. The van der Waals surface area contributed by atoms with Crippen LogP contribution in [0.15, 0.2) is 47.4 Å². The SMILES string of the molecule is Cc1ccc(-c2ccc(S(=O)(=O)Cl)c(C)c2)cc1. The molecule has 2 aromatic carbocycles. The molecule has 4 heteroatoms. The Morgan fingerprint density at radius 3 is 1.94 bits per heavy atom. The van der Waals surface area contributed by atoms with E-state index in [1.165, 1.54) is 5.56 Å². The minimum Gasteiger partial charge on any atom is -0.207 e. The minimum absolute atomic E-state index is 0.167. The number of rotatable bonds is 2. The van der Waals surface area contributed by atoms with Crippen LogP contribution < -0.4 is 0 Å². The fourth-order valence-corrected chi connectivity index (χ4v) is 3.04. The largest absolute Gasteiger partial charge is 0.261 e. The van der Waals surface area contributed by atoms with Crippen molar-refractivity contribution < 1.29 is 8.42 Å². The number of hydrogen-bond acceptors (Lipinski definition) is 2. The Kier molecular flexibility index (Phi) is 3.46. The molecule has 2 nitrogen and oxygen atoms in total. The molecule has 0 heterocycles. The maximum atomic E-state index is 11.3. The molecule has 0 spiro atoms. The number of benzene rings is 2. The Hall–Kier alpha value is -1.32. The van der Waals surface area contributed by atoms with Gasteiger partial charge in [0.25, 0.3) is 9.05 Å². The van der Waals surface area contributed by atoms with E-state index in [1.807, 2.05) is 37.3 Å². The average molecular weight is 281 g/mol. The lowest BCUT2D eigenvalue weighted by atomic mass is 10.0.